The van der Waals surface area contributed by atoms with Crippen molar-refractivity contribution >= 4 is 16.1 Å². The minimum Gasteiger partial charge on any atom is -0.468 e. The topological polar surface area (TPSA) is 9.23 Å². The van der Waals surface area contributed by atoms with E-state index in [0.717, 1.165) is 12.8 Å². The van der Waals surface area contributed by atoms with Crippen LogP contribution in [0.5, 0.6) is 0 Å². The normalized spacial score (nSPS) is 15.3. The summed E-state index contributed by atoms with van der Waals surface area (Å²) in [6.07, 6.45) is 7.00. The molecule has 1 nitrogen and oxygen atoms in total. The molecule has 0 heterocycles. The lowest BCUT2D eigenvalue weighted by Crippen LogP contribution is -2.36. The molecule has 27 heavy (non-hydrogen) atoms. The largest absolute Gasteiger partial charge is 0.468 e. The molecule has 0 aliphatic carbocycles. The summed E-state index contributed by atoms with van der Waals surface area (Å²) in [5.74, 6) is 2.48. The zero-order valence-electron chi connectivity index (χ0n) is 20.8. The van der Waals surface area contributed by atoms with Crippen LogP contribution in [0.25, 0.3) is 0 Å². The molecule has 0 spiro atoms. The maximum Gasteiger partial charge on any atom is 0.0958 e. The third kappa shape index (κ3) is 9.17. The second-order valence-corrected chi connectivity index (χ2v) is 21.9. The van der Waals surface area contributed by atoms with Crippen LogP contribution in [0, 0.1) is 0 Å². The Balaban J connectivity index is 5.88. The van der Waals surface area contributed by atoms with Gasteiger partial charge in [0, 0.05) is 12.8 Å². The molecule has 0 N–H and O–H groups in total. The lowest BCUT2D eigenvalue weighted by Gasteiger charge is -2.36. The fourth-order valence-electron chi connectivity index (χ4n) is 2.41. The highest BCUT2D eigenvalue weighted by molar-refractivity contribution is 6.85. The summed E-state index contributed by atoms with van der Waals surface area (Å²) in [6, 6.07) is 0. The summed E-state index contributed by atoms with van der Waals surface area (Å²) < 4.78 is 6.71. The second-order valence-electron chi connectivity index (χ2n) is 11.5. The Morgan fingerprint density at radius 2 is 0.963 bits per heavy atom. The van der Waals surface area contributed by atoms with Crippen molar-refractivity contribution in [3.8, 4) is 0 Å². The molecular formula is C24H50OSi2. The Morgan fingerprint density at radius 1 is 0.667 bits per heavy atom. The van der Waals surface area contributed by atoms with Crippen LogP contribution in [-0.2, 0) is 4.74 Å². The van der Waals surface area contributed by atoms with Crippen LogP contribution < -0.4 is 0 Å². The Hall–Kier alpha value is -0.286. The van der Waals surface area contributed by atoms with Gasteiger partial charge in [0.15, 0.2) is 0 Å². The van der Waals surface area contributed by atoms with Gasteiger partial charge in [0.2, 0.25) is 0 Å². The highest BCUT2D eigenvalue weighted by atomic mass is 28.3. The van der Waals surface area contributed by atoms with E-state index in [2.05, 4.69) is 93.0 Å². The molecule has 0 atom stereocenters. The number of rotatable bonds is 10. The molecule has 160 valence electrons. The van der Waals surface area contributed by atoms with E-state index in [1.165, 1.54) is 37.2 Å². The van der Waals surface area contributed by atoms with Crippen LogP contribution >= 0.6 is 0 Å². The summed E-state index contributed by atoms with van der Waals surface area (Å²) >= 11 is 0. The first-order chi connectivity index (χ1) is 12.1. The zero-order valence-corrected chi connectivity index (χ0v) is 22.8. The predicted molar refractivity (Wildman–Crippen MR) is 131 cm³/mol. The van der Waals surface area contributed by atoms with Crippen molar-refractivity contribution in [2.75, 3.05) is 0 Å². The van der Waals surface area contributed by atoms with E-state index in [1.54, 1.807) is 0 Å². The molecule has 0 amide bonds. The molecule has 0 saturated heterocycles. The van der Waals surface area contributed by atoms with E-state index in [1.807, 2.05) is 0 Å². The van der Waals surface area contributed by atoms with Gasteiger partial charge in [-0.1, -0.05) is 106 Å². The first-order valence-corrected chi connectivity index (χ1v) is 17.3. The van der Waals surface area contributed by atoms with E-state index in [9.17, 15) is 0 Å². The number of hydrogen-bond donors (Lipinski definition) is 0. The van der Waals surface area contributed by atoms with Crippen molar-refractivity contribution in [2.45, 2.75) is 130 Å². The summed E-state index contributed by atoms with van der Waals surface area (Å²) in [6.45, 7) is 28.8. The van der Waals surface area contributed by atoms with Gasteiger partial charge in [0.1, 0.15) is 0 Å². The zero-order chi connectivity index (χ0) is 21.5. The second kappa shape index (κ2) is 10.5. The smallest absolute Gasteiger partial charge is 0.0958 e. The monoisotopic (exact) mass is 410 g/mol. The van der Waals surface area contributed by atoms with E-state index in [-0.39, 0.29) is 0 Å². The van der Waals surface area contributed by atoms with Gasteiger partial charge in [-0.3, -0.25) is 0 Å². The average Bonchev–Trinajstić information content (AvgIpc) is 2.47. The standard InChI is InChI=1S/C24H50OSi2/c1-13-15-17-21(19-26(9,10)23(3,4)5)25-22(18-16-14-2)20-27(11,12)24(6,7)8/h19-20H,13-18H2,1-12H3. The lowest BCUT2D eigenvalue weighted by molar-refractivity contribution is 0.273. The molecule has 0 saturated carbocycles. The lowest BCUT2D eigenvalue weighted by atomic mass is 10.2. The average molecular weight is 411 g/mol. The van der Waals surface area contributed by atoms with Crippen LogP contribution in [0.2, 0.25) is 36.3 Å². The molecule has 0 unspecified atom stereocenters. The first-order valence-electron chi connectivity index (χ1n) is 11.2. The van der Waals surface area contributed by atoms with Crippen molar-refractivity contribution in [1.29, 1.82) is 0 Å². The van der Waals surface area contributed by atoms with Crippen LogP contribution in [0.3, 0.4) is 0 Å². The molecule has 0 aliphatic heterocycles. The Kier molecular flexibility index (Phi) is 10.4. The molecule has 0 aliphatic rings. The van der Waals surface area contributed by atoms with Gasteiger partial charge in [-0.2, -0.15) is 0 Å². The molecule has 0 radical (unpaired) electrons. The number of unbranched alkanes of at least 4 members (excludes halogenated alkanes) is 2. The Labute approximate surface area is 174 Å². The number of allylic oxidation sites excluding steroid dienone is 2. The fourth-order valence-corrected chi connectivity index (χ4v) is 5.30. The number of hydrogen-bond acceptors (Lipinski definition) is 1. The Morgan fingerprint density at radius 3 is 1.19 bits per heavy atom. The maximum atomic E-state index is 6.71. The molecule has 0 aromatic rings. The predicted octanol–water partition coefficient (Wildman–Crippen LogP) is 9.25. The molecule has 0 rings (SSSR count). The van der Waals surface area contributed by atoms with E-state index in [0.29, 0.717) is 10.1 Å². The van der Waals surface area contributed by atoms with Crippen molar-refractivity contribution < 1.29 is 4.74 Å². The summed E-state index contributed by atoms with van der Waals surface area (Å²) in [5, 5.41) is 0.696. The minimum atomic E-state index is -1.51. The molecule has 3 heteroatoms. The van der Waals surface area contributed by atoms with Gasteiger partial charge in [0.25, 0.3) is 0 Å². The van der Waals surface area contributed by atoms with Crippen LogP contribution in [0.15, 0.2) is 22.9 Å². The molecule has 0 aromatic heterocycles. The summed E-state index contributed by atoms with van der Waals surface area (Å²) in [5.41, 5.74) is 5.10. The van der Waals surface area contributed by atoms with Gasteiger partial charge in [-0.05, 0) is 22.9 Å². The van der Waals surface area contributed by atoms with E-state index < -0.39 is 16.1 Å². The van der Waals surface area contributed by atoms with Crippen LogP contribution in [0.1, 0.15) is 93.9 Å². The van der Waals surface area contributed by atoms with Gasteiger partial charge >= 0.3 is 0 Å². The van der Waals surface area contributed by atoms with Crippen molar-refractivity contribution in [3.63, 3.8) is 0 Å². The third-order valence-electron chi connectivity index (χ3n) is 6.73. The van der Waals surface area contributed by atoms with Crippen molar-refractivity contribution in [1.82, 2.24) is 0 Å². The van der Waals surface area contributed by atoms with Crippen LogP contribution in [-0.4, -0.2) is 16.1 Å². The third-order valence-corrected chi connectivity index (χ3v) is 16.5. The highest BCUT2D eigenvalue weighted by Crippen LogP contribution is 2.40. The first kappa shape index (κ1) is 26.7. The maximum absolute atomic E-state index is 6.71. The highest BCUT2D eigenvalue weighted by Gasteiger charge is 2.35. The molecule has 0 aromatic carbocycles. The Bertz CT molecular complexity index is 453. The minimum absolute atomic E-state index is 0.348. The van der Waals surface area contributed by atoms with Gasteiger partial charge in [-0.15, -0.1) is 0 Å². The van der Waals surface area contributed by atoms with Gasteiger partial charge < -0.3 is 4.74 Å². The van der Waals surface area contributed by atoms with Crippen molar-refractivity contribution in [3.05, 3.63) is 22.9 Å². The fraction of sp³-hybridized carbons (Fsp3) is 0.833. The molecule has 0 fully saturated rings. The number of ether oxygens (including phenoxy) is 1. The van der Waals surface area contributed by atoms with E-state index in [4.69, 9.17) is 4.74 Å². The summed E-state index contributed by atoms with van der Waals surface area (Å²) in [7, 11) is -3.03. The summed E-state index contributed by atoms with van der Waals surface area (Å²) in [4.78, 5) is 0. The van der Waals surface area contributed by atoms with Gasteiger partial charge in [-0.25, -0.2) is 0 Å². The quantitative estimate of drug-likeness (QED) is 0.257. The van der Waals surface area contributed by atoms with Crippen molar-refractivity contribution in [2.24, 2.45) is 0 Å². The molecular weight excluding hydrogens is 360 g/mol. The van der Waals surface area contributed by atoms with Gasteiger partial charge in [0.05, 0.1) is 27.7 Å². The van der Waals surface area contributed by atoms with E-state index >= 15 is 0 Å². The SMILES string of the molecule is CCCCC(=C[Si](C)(C)C(C)(C)C)OC(=C[Si](C)(C)C(C)(C)C)CCCC. The molecule has 0 bridgehead atoms. The van der Waals surface area contributed by atoms with Crippen LogP contribution in [0.4, 0.5) is 0 Å².